The average molecular weight is 279 g/mol. The summed E-state index contributed by atoms with van der Waals surface area (Å²) in [5, 5.41) is 14.6. The molecule has 0 spiro atoms. The predicted octanol–water partition coefficient (Wildman–Crippen LogP) is 0.391. The minimum Gasteiger partial charge on any atom is -0.391 e. The number of amides is 2. The highest BCUT2D eigenvalue weighted by Gasteiger charge is 2.20. The van der Waals surface area contributed by atoms with E-state index in [-0.39, 0.29) is 5.91 Å². The molecular formula is C14H21N3O3. The minimum absolute atomic E-state index is 0.194. The van der Waals surface area contributed by atoms with Crippen LogP contribution in [-0.4, -0.2) is 35.6 Å². The maximum Gasteiger partial charge on any atom is 0.251 e. The predicted molar refractivity (Wildman–Crippen MR) is 77.5 cm³/mol. The highest BCUT2D eigenvalue weighted by Crippen LogP contribution is 2.19. The topological polar surface area (TPSA) is 104 Å². The van der Waals surface area contributed by atoms with Crippen molar-refractivity contribution in [3.63, 3.8) is 0 Å². The van der Waals surface area contributed by atoms with Gasteiger partial charge in [0.05, 0.1) is 6.10 Å². The number of hydrogen-bond donors (Lipinski definition) is 4. The molecule has 0 radical (unpaired) electrons. The Hall–Kier alpha value is -1.92. The second kappa shape index (κ2) is 7.02. The van der Waals surface area contributed by atoms with Crippen molar-refractivity contribution in [1.29, 1.82) is 0 Å². The van der Waals surface area contributed by atoms with Gasteiger partial charge in [-0.1, -0.05) is 6.07 Å². The Morgan fingerprint density at radius 1 is 1.40 bits per heavy atom. The number of nitrogens with one attached hydrogen (secondary N) is 2. The van der Waals surface area contributed by atoms with Crippen LogP contribution in [0, 0.1) is 6.92 Å². The van der Waals surface area contributed by atoms with Gasteiger partial charge in [-0.2, -0.15) is 0 Å². The molecule has 6 nitrogen and oxygen atoms in total. The van der Waals surface area contributed by atoms with Gasteiger partial charge in [0.15, 0.2) is 0 Å². The first-order valence-electron chi connectivity index (χ1n) is 6.50. The lowest BCUT2D eigenvalue weighted by Gasteiger charge is -2.17. The van der Waals surface area contributed by atoms with Gasteiger partial charge in [0.1, 0.15) is 6.04 Å². The van der Waals surface area contributed by atoms with Crippen molar-refractivity contribution in [3.05, 3.63) is 29.3 Å². The molecule has 0 fully saturated rings. The molecule has 0 unspecified atom stereocenters. The summed E-state index contributed by atoms with van der Waals surface area (Å²) in [4.78, 5) is 23.7. The van der Waals surface area contributed by atoms with Gasteiger partial charge in [-0.25, -0.2) is 0 Å². The second-order valence-electron chi connectivity index (χ2n) is 4.59. The van der Waals surface area contributed by atoms with E-state index < -0.39 is 18.1 Å². The number of nitrogens with two attached hydrogens (primary N) is 1. The van der Waals surface area contributed by atoms with E-state index in [9.17, 15) is 14.7 Å². The molecule has 1 rings (SSSR count). The van der Waals surface area contributed by atoms with Crippen LogP contribution in [0.3, 0.4) is 0 Å². The lowest BCUT2D eigenvalue weighted by Crippen LogP contribution is -2.43. The van der Waals surface area contributed by atoms with Crippen molar-refractivity contribution in [2.45, 2.75) is 32.9 Å². The van der Waals surface area contributed by atoms with Crippen LogP contribution in [0.15, 0.2) is 18.2 Å². The first-order chi connectivity index (χ1) is 9.38. The molecule has 0 bridgehead atoms. The van der Waals surface area contributed by atoms with E-state index in [1.54, 1.807) is 25.1 Å². The van der Waals surface area contributed by atoms with Crippen molar-refractivity contribution in [3.8, 4) is 0 Å². The largest absolute Gasteiger partial charge is 0.391 e. The van der Waals surface area contributed by atoms with Crippen LogP contribution in [0.25, 0.3) is 0 Å². The maximum absolute atomic E-state index is 11.9. The molecule has 1 aromatic carbocycles. The standard InChI is InChI=1S/C14H21N3O3/c1-4-16-13(19)10-6-5-7-11(8(10)2)17-14(20)12(15)9(3)18/h5-7,9,12,18H,4,15H2,1-3H3,(H,16,19)(H,17,20)/t9-,12+/m1/s1. The molecule has 0 aliphatic carbocycles. The molecule has 0 saturated heterocycles. The van der Waals surface area contributed by atoms with Gasteiger partial charge in [-0.15, -0.1) is 0 Å². The van der Waals surface area contributed by atoms with Gasteiger partial charge < -0.3 is 21.5 Å². The van der Waals surface area contributed by atoms with Gasteiger partial charge in [-0.05, 0) is 38.5 Å². The highest BCUT2D eigenvalue weighted by molar-refractivity contribution is 6.00. The molecule has 6 heteroatoms. The lowest BCUT2D eigenvalue weighted by atomic mass is 10.1. The van der Waals surface area contributed by atoms with E-state index in [0.29, 0.717) is 23.4 Å². The van der Waals surface area contributed by atoms with Crippen LogP contribution in [0.1, 0.15) is 29.8 Å². The van der Waals surface area contributed by atoms with Crippen LogP contribution < -0.4 is 16.4 Å². The number of anilines is 1. The van der Waals surface area contributed by atoms with Crippen molar-refractivity contribution >= 4 is 17.5 Å². The second-order valence-corrected chi connectivity index (χ2v) is 4.59. The minimum atomic E-state index is -1.01. The zero-order chi connectivity index (χ0) is 15.3. The molecular weight excluding hydrogens is 258 g/mol. The molecule has 0 aliphatic rings. The first kappa shape index (κ1) is 16.1. The average Bonchev–Trinajstić information content (AvgIpc) is 2.40. The van der Waals surface area contributed by atoms with E-state index in [1.165, 1.54) is 6.92 Å². The molecule has 5 N–H and O–H groups in total. The summed E-state index contributed by atoms with van der Waals surface area (Å²) < 4.78 is 0. The lowest BCUT2D eigenvalue weighted by molar-refractivity contribution is -0.119. The molecule has 1 aromatic rings. The quantitative estimate of drug-likeness (QED) is 0.626. The third-order valence-corrected chi connectivity index (χ3v) is 3.00. The fourth-order valence-corrected chi connectivity index (χ4v) is 1.71. The molecule has 0 aliphatic heterocycles. The summed E-state index contributed by atoms with van der Waals surface area (Å²) in [6.07, 6.45) is -0.943. The number of aliphatic hydroxyl groups is 1. The highest BCUT2D eigenvalue weighted by atomic mass is 16.3. The Balaban J connectivity index is 2.95. The van der Waals surface area contributed by atoms with Crippen LogP contribution in [0.4, 0.5) is 5.69 Å². The smallest absolute Gasteiger partial charge is 0.251 e. The fraction of sp³-hybridized carbons (Fsp3) is 0.429. The molecule has 0 heterocycles. The number of carbonyl (C=O) groups excluding carboxylic acids is 2. The van der Waals surface area contributed by atoms with Crippen LogP contribution >= 0.6 is 0 Å². The monoisotopic (exact) mass is 279 g/mol. The summed E-state index contributed by atoms with van der Waals surface area (Å²) >= 11 is 0. The van der Waals surface area contributed by atoms with Crippen molar-refractivity contribution < 1.29 is 14.7 Å². The molecule has 2 amide bonds. The Morgan fingerprint density at radius 2 is 2.05 bits per heavy atom. The van der Waals surface area contributed by atoms with E-state index in [4.69, 9.17) is 5.73 Å². The van der Waals surface area contributed by atoms with Gasteiger partial charge >= 0.3 is 0 Å². The Bertz CT molecular complexity index is 500. The third kappa shape index (κ3) is 3.79. The number of hydrogen-bond acceptors (Lipinski definition) is 4. The number of aliphatic hydroxyl groups excluding tert-OH is 1. The number of carbonyl (C=O) groups is 2. The summed E-state index contributed by atoms with van der Waals surface area (Å²) in [6.45, 7) is 5.55. The Morgan fingerprint density at radius 3 is 2.60 bits per heavy atom. The van der Waals surface area contributed by atoms with Crippen molar-refractivity contribution in [1.82, 2.24) is 5.32 Å². The van der Waals surface area contributed by atoms with Crippen molar-refractivity contribution in [2.75, 3.05) is 11.9 Å². The van der Waals surface area contributed by atoms with Gasteiger partial charge in [-0.3, -0.25) is 9.59 Å². The molecule has 0 saturated carbocycles. The summed E-state index contributed by atoms with van der Waals surface area (Å²) in [5.74, 6) is -0.683. The van der Waals surface area contributed by atoms with E-state index >= 15 is 0 Å². The first-order valence-corrected chi connectivity index (χ1v) is 6.50. The van der Waals surface area contributed by atoms with Crippen LogP contribution in [0.5, 0.6) is 0 Å². The van der Waals surface area contributed by atoms with E-state index in [2.05, 4.69) is 10.6 Å². The molecule has 2 atom stereocenters. The zero-order valence-corrected chi connectivity index (χ0v) is 11.9. The van der Waals surface area contributed by atoms with Gasteiger partial charge in [0, 0.05) is 17.8 Å². The molecule has 110 valence electrons. The Labute approximate surface area is 118 Å². The maximum atomic E-state index is 11.9. The fourth-order valence-electron chi connectivity index (χ4n) is 1.71. The van der Waals surface area contributed by atoms with Crippen LogP contribution in [0.2, 0.25) is 0 Å². The number of benzene rings is 1. The van der Waals surface area contributed by atoms with Crippen molar-refractivity contribution in [2.24, 2.45) is 5.73 Å². The summed E-state index contributed by atoms with van der Waals surface area (Å²) in [7, 11) is 0. The summed E-state index contributed by atoms with van der Waals surface area (Å²) in [6, 6.07) is 4.04. The van der Waals surface area contributed by atoms with Crippen LogP contribution in [-0.2, 0) is 4.79 Å². The normalized spacial score (nSPS) is 13.4. The molecule has 0 aromatic heterocycles. The zero-order valence-electron chi connectivity index (χ0n) is 11.9. The van der Waals surface area contributed by atoms with E-state index in [1.807, 2.05) is 6.92 Å². The van der Waals surface area contributed by atoms with Gasteiger partial charge in [0.2, 0.25) is 5.91 Å². The summed E-state index contributed by atoms with van der Waals surface area (Å²) in [5.41, 5.74) is 7.22. The molecule has 20 heavy (non-hydrogen) atoms. The van der Waals surface area contributed by atoms with Gasteiger partial charge in [0.25, 0.3) is 5.91 Å². The van der Waals surface area contributed by atoms with E-state index in [0.717, 1.165) is 0 Å². The SMILES string of the molecule is CCNC(=O)c1cccc(NC(=O)[C@@H](N)[C@@H](C)O)c1C. The Kier molecular flexibility index (Phi) is 5.66. The number of rotatable bonds is 5. The third-order valence-electron chi connectivity index (χ3n) is 3.00.